The van der Waals surface area contributed by atoms with E-state index < -0.39 is 0 Å². The number of nitrogens with one attached hydrogen (secondary N) is 1. The summed E-state index contributed by atoms with van der Waals surface area (Å²) in [7, 11) is 0. The Hall–Kier alpha value is -3.22. The van der Waals surface area contributed by atoms with E-state index in [1.807, 2.05) is 12.1 Å². The fraction of sp³-hybridized carbons (Fsp3) is 0.222. The van der Waals surface area contributed by atoms with Gasteiger partial charge in [0.2, 0.25) is 11.4 Å². The van der Waals surface area contributed by atoms with Gasteiger partial charge in [0.1, 0.15) is 11.5 Å². The summed E-state index contributed by atoms with van der Waals surface area (Å²) >= 11 is 0. The first-order valence-electron chi connectivity index (χ1n) is 7.99. The Balaban J connectivity index is 1.59. The van der Waals surface area contributed by atoms with Gasteiger partial charge in [-0.05, 0) is 25.1 Å². The molecule has 0 bridgehead atoms. The Morgan fingerprint density at radius 1 is 1.36 bits per heavy atom. The molecule has 126 valence electrons. The van der Waals surface area contributed by atoms with Crippen LogP contribution < -0.4 is 5.56 Å². The molecule has 4 rings (SSSR count). The predicted octanol–water partition coefficient (Wildman–Crippen LogP) is 1.93. The van der Waals surface area contributed by atoms with E-state index in [2.05, 4.69) is 15.0 Å². The molecule has 7 heteroatoms. The van der Waals surface area contributed by atoms with Gasteiger partial charge in [0.15, 0.2) is 0 Å². The Labute approximate surface area is 143 Å². The SMILES string of the molecule is Cc1cc(C(=O)N2CCc3oc(-c4cccnc4)nc3C2)cc(=O)[nH]1. The van der Waals surface area contributed by atoms with E-state index in [-0.39, 0.29) is 11.5 Å². The summed E-state index contributed by atoms with van der Waals surface area (Å²) in [6.45, 7) is 2.65. The molecule has 7 nitrogen and oxygen atoms in total. The maximum Gasteiger partial charge on any atom is 0.254 e. The third-order valence-electron chi connectivity index (χ3n) is 4.15. The summed E-state index contributed by atoms with van der Waals surface area (Å²) in [6.07, 6.45) is 3.98. The molecule has 0 fully saturated rings. The fourth-order valence-corrected chi connectivity index (χ4v) is 2.97. The first-order chi connectivity index (χ1) is 12.1. The average molecular weight is 336 g/mol. The van der Waals surface area contributed by atoms with Crippen molar-refractivity contribution >= 4 is 5.91 Å². The highest BCUT2D eigenvalue weighted by Crippen LogP contribution is 2.26. The van der Waals surface area contributed by atoms with Crippen LogP contribution in [0.5, 0.6) is 0 Å². The van der Waals surface area contributed by atoms with Crippen molar-refractivity contribution in [1.29, 1.82) is 0 Å². The monoisotopic (exact) mass is 336 g/mol. The molecule has 25 heavy (non-hydrogen) atoms. The van der Waals surface area contributed by atoms with Crippen LogP contribution in [0.15, 0.2) is 45.9 Å². The van der Waals surface area contributed by atoms with Gasteiger partial charge in [-0.3, -0.25) is 14.6 Å². The van der Waals surface area contributed by atoms with Gasteiger partial charge in [0, 0.05) is 42.7 Å². The van der Waals surface area contributed by atoms with Crippen LogP contribution in [0.4, 0.5) is 0 Å². The summed E-state index contributed by atoms with van der Waals surface area (Å²) < 4.78 is 5.82. The molecular formula is C18H16N4O3. The number of fused-ring (bicyclic) bond motifs is 1. The van der Waals surface area contributed by atoms with Crippen LogP contribution in [-0.2, 0) is 13.0 Å². The third-order valence-corrected chi connectivity index (χ3v) is 4.15. The number of oxazole rings is 1. The standard InChI is InChI=1S/C18H16N4O3/c1-11-7-13(8-16(23)20-11)18(24)22-6-4-15-14(10-22)21-17(25-15)12-3-2-5-19-9-12/h2-3,5,7-9H,4,6,10H2,1H3,(H,20,23). The number of hydrogen-bond donors (Lipinski definition) is 1. The van der Waals surface area contributed by atoms with E-state index in [1.165, 1.54) is 6.07 Å². The van der Waals surface area contributed by atoms with E-state index in [0.717, 1.165) is 17.0 Å². The molecule has 1 aliphatic rings. The number of carbonyl (C=O) groups excluding carboxylic acids is 1. The van der Waals surface area contributed by atoms with Gasteiger partial charge < -0.3 is 14.3 Å². The van der Waals surface area contributed by atoms with Crippen LogP contribution in [0.1, 0.15) is 27.5 Å². The summed E-state index contributed by atoms with van der Waals surface area (Å²) in [4.78, 5) is 37.2. The predicted molar refractivity (Wildman–Crippen MR) is 90.0 cm³/mol. The zero-order valence-electron chi connectivity index (χ0n) is 13.7. The minimum Gasteiger partial charge on any atom is -0.441 e. The van der Waals surface area contributed by atoms with Gasteiger partial charge >= 0.3 is 0 Å². The molecule has 0 saturated carbocycles. The number of pyridine rings is 2. The number of hydrogen-bond acceptors (Lipinski definition) is 5. The van der Waals surface area contributed by atoms with E-state index in [9.17, 15) is 9.59 Å². The lowest BCUT2D eigenvalue weighted by Crippen LogP contribution is -2.36. The van der Waals surface area contributed by atoms with Gasteiger partial charge in [-0.2, -0.15) is 0 Å². The highest BCUT2D eigenvalue weighted by Gasteiger charge is 2.26. The summed E-state index contributed by atoms with van der Waals surface area (Å²) in [5.41, 5.74) is 2.33. The van der Waals surface area contributed by atoms with Crippen LogP contribution in [0.3, 0.4) is 0 Å². The van der Waals surface area contributed by atoms with Crippen molar-refractivity contribution in [2.24, 2.45) is 0 Å². The minimum atomic E-state index is -0.277. The normalized spacial score (nSPS) is 13.6. The van der Waals surface area contributed by atoms with Crippen molar-refractivity contribution in [2.75, 3.05) is 6.54 Å². The molecule has 0 radical (unpaired) electrons. The number of aromatic amines is 1. The smallest absolute Gasteiger partial charge is 0.254 e. The molecule has 0 atom stereocenters. The summed E-state index contributed by atoms with van der Waals surface area (Å²) in [5, 5.41) is 0. The van der Waals surface area contributed by atoms with Crippen molar-refractivity contribution in [2.45, 2.75) is 19.9 Å². The number of nitrogens with zero attached hydrogens (tertiary/aromatic N) is 3. The lowest BCUT2D eigenvalue weighted by molar-refractivity contribution is 0.0727. The molecular weight excluding hydrogens is 320 g/mol. The second-order valence-electron chi connectivity index (χ2n) is 6.02. The maximum atomic E-state index is 12.7. The number of aryl methyl sites for hydroxylation is 1. The van der Waals surface area contributed by atoms with Crippen molar-refractivity contribution in [3.63, 3.8) is 0 Å². The van der Waals surface area contributed by atoms with Crippen LogP contribution in [-0.4, -0.2) is 32.3 Å². The van der Waals surface area contributed by atoms with Crippen LogP contribution in [0.25, 0.3) is 11.5 Å². The topological polar surface area (TPSA) is 92.1 Å². The lowest BCUT2D eigenvalue weighted by atomic mass is 10.1. The highest BCUT2D eigenvalue weighted by atomic mass is 16.4. The first kappa shape index (κ1) is 15.3. The van der Waals surface area contributed by atoms with Gasteiger partial charge in [-0.1, -0.05) is 0 Å². The zero-order valence-corrected chi connectivity index (χ0v) is 13.7. The zero-order chi connectivity index (χ0) is 17.4. The van der Waals surface area contributed by atoms with E-state index in [1.54, 1.807) is 30.3 Å². The number of rotatable bonds is 2. The van der Waals surface area contributed by atoms with Gasteiger partial charge in [-0.25, -0.2) is 4.98 Å². The molecule has 4 heterocycles. The van der Waals surface area contributed by atoms with E-state index in [0.29, 0.717) is 36.7 Å². The fourth-order valence-electron chi connectivity index (χ4n) is 2.97. The summed E-state index contributed by atoms with van der Waals surface area (Å²) in [6, 6.07) is 6.72. The van der Waals surface area contributed by atoms with Crippen molar-refractivity contribution in [3.8, 4) is 11.5 Å². The van der Waals surface area contributed by atoms with E-state index >= 15 is 0 Å². The molecule has 3 aromatic heterocycles. The number of amides is 1. The molecule has 0 aliphatic carbocycles. The van der Waals surface area contributed by atoms with Crippen molar-refractivity contribution < 1.29 is 9.21 Å². The minimum absolute atomic E-state index is 0.175. The van der Waals surface area contributed by atoms with Gasteiger partial charge in [0.05, 0.1) is 12.1 Å². The Morgan fingerprint density at radius 3 is 3.00 bits per heavy atom. The van der Waals surface area contributed by atoms with Crippen LogP contribution in [0.2, 0.25) is 0 Å². The molecule has 1 aliphatic heterocycles. The molecule has 3 aromatic rings. The Kier molecular flexibility index (Phi) is 3.68. The average Bonchev–Trinajstić information content (AvgIpc) is 3.04. The van der Waals surface area contributed by atoms with E-state index in [4.69, 9.17) is 4.42 Å². The van der Waals surface area contributed by atoms with Gasteiger partial charge in [-0.15, -0.1) is 0 Å². The Morgan fingerprint density at radius 2 is 2.24 bits per heavy atom. The maximum absolute atomic E-state index is 12.7. The first-order valence-corrected chi connectivity index (χ1v) is 7.99. The molecule has 0 aromatic carbocycles. The number of carbonyl (C=O) groups is 1. The molecule has 0 saturated heterocycles. The number of aromatic nitrogens is 3. The Bertz CT molecular complexity index is 991. The summed E-state index contributed by atoms with van der Waals surface area (Å²) in [5.74, 6) is 1.13. The number of H-pyrrole nitrogens is 1. The largest absolute Gasteiger partial charge is 0.441 e. The van der Waals surface area contributed by atoms with Crippen molar-refractivity contribution in [1.82, 2.24) is 19.9 Å². The quantitative estimate of drug-likeness (QED) is 0.772. The van der Waals surface area contributed by atoms with Gasteiger partial charge in [0.25, 0.3) is 5.91 Å². The third kappa shape index (κ3) is 2.96. The lowest BCUT2D eigenvalue weighted by Gasteiger charge is -2.25. The molecule has 1 amide bonds. The molecule has 0 spiro atoms. The van der Waals surface area contributed by atoms with Crippen LogP contribution in [0, 0.1) is 6.92 Å². The highest BCUT2D eigenvalue weighted by molar-refractivity contribution is 5.94. The second-order valence-corrected chi connectivity index (χ2v) is 6.02. The van der Waals surface area contributed by atoms with Crippen molar-refractivity contribution in [3.05, 3.63) is 69.7 Å². The molecule has 1 N–H and O–H groups in total. The van der Waals surface area contributed by atoms with Crippen LogP contribution >= 0.6 is 0 Å². The molecule has 0 unspecified atom stereocenters. The second kappa shape index (κ2) is 6.01.